The van der Waals surface area contributed by atoms with Crippen LogP contribution in [0.5, 0.6) is 0 Å². The fraction of sp³-hybridized carbons (Fsp3) is 0.694. The first-order valence-electron chi connectivity index (χ1n) is 19.1. The molecule has 0 radical (unpaired) electrons. The molecule has 26 nitrogen and oxygen atoms in total. The van der Waals surface area contributed by atoms with Crippen LogP contribution in [-0.2, 0) is 35.3 Å². The molecule has 0 saturated heterocycles. The number of aliphatic hydroxyl groups excluding tert-OH is 10. The van der Waals surface area contributed by atoms with Gasteiger partial charge in [-0.1, -0.05) is 30.3 Å². The summed E-state index contributed by atoms with van der Waals surface area (Å²) in [6, 6.07) is 7.27. The summed E-state index contributed by atoms with van der Waals surface area (Å²) in [6.45, 7) is -5.14. The standard InChI is InChI=1S/C22H31N3O11.2C7H17NO5.3Gd/c26-18(27)10-23(6-7-24(11-19(28)29)12-20(30)31)8-9-25(13-21(32)33)17(22(34)35)15-36-14-16-4-2-1-3-5-16;2*1-8-2-4(10)6(12)7(13)5(11)3-9;;;/h1-5,17H,6-15H2,(H,26,27)(H,28,29)(H,30,31)(H,32,33)(H,34,35);2*4-13H,2-3H2,1H3;;;/p-3/t;2*4-,5+,6+,7+;;;/m.00.../s1. The van der Waals surface area contributed by atoms with Crippen molar-refractivity contribution in [3.8, 4) is 0 Å². The Bertz CT molecular complexity index is 1360. The van der Waals surface area contributed by atoms with Gasteiger partial charge in [0, 0.05) is 172 Å². The number of carbonyl (C=O) groups is 5. The van der Waals surface area contributed by atoms with Crippen molar-refractivity contribution >= 4 is 29.8 Å². The largest absolute Gasteiger partial charge is 0.549 e. The quantitative estimate of drug-likeness (QED) is 0.0319. The van der Waals surface area contributed by atoms with Crippen molar-refractivity contribution in [3.63, 3.8) is 0 Å². The van der Waals surface area contributed by atoms with Gasteiger partial charge in [-0.15, -0.1) is 0 Å². The van der Waals surface area contributed by atoms with Crippen LogP contribution in [-0.4, -0.2) is 250 Å². The van der Waals surface area contributed by atoms with Crippen molar-refractivity contribution in [2.24, 2.45) is 0 Å². The summed E-state index contributed by atoms with van der Waals surface area (Å²) < 4.78 is 5.41. The van der Waals surface area contributed by atoms with Gasteiger partial charge in [0.15, 0.2) is 0 Å². The first kappa shape index (κ1) is 73.9. The van der Waals surface area contributed by atoms with E-state index in [1.54, 1.807) is 55.1 Å². The van der Waals surface area contributed by atoms with Gasteiger partial charge in [0.2, 0.25) is 0 Å². The molecule has 0 aliphatic heterocycles. The molecule has 14 N–H and O–H groups in total. The van der Waals surface area contributed by atoms with Gasteiger partial charge in [-0.05, 0) is 5.56 Å². The molecule has 0 bridgehead atoms. The summed E-state index contributed by atoms with van der Waals surface area (Å²) in [7, 11) is 3.40. The molecule has 0 aliphatic rings. The molecule has 29 heteroatoms. The van der Waals surface area contributed by atoms with E-state index in [2.05, 4.69) is 0 Å². The molecule has 9 atom stereocenters. The van der Waals surface area contributed by atoms with Gasteiger partial charge in [-0.25, -0.2) is 0 Å². The van der Waals surface area contributed by atoms with Crippen LogP contribution in [0, 0.1) is 120 Å². The minimum Gasteiger partial charge on any atom is -0.549 e. The number of hydrogen-bond acceptors (Lipinski definition) is 24. The number of carbonyl (C=O) groups excluding carboxylic acids is 5. The van der Waals surface area contributed by atoms with Crippen LogP contribution >= 0.6 is 0 Å². The summed E-state index contributed by atoms with van der Waals surface area (Å²) in [6.07, 6.45) is -11.1. The van der Waals surface area contributed by atoms with Crippen molar-refractivity contribution in [1.82, 2.24) is 14.7 Å². The Balaban J connectivity index is -0.000000341. The normalized spacial score (nSPS) is 15.0. The molecule has 0 spiro atoms. The van der Waals surface area contributed by atoms with E-state index in [9.17, 15) is 69.9 Å². The van der Waals surface area contributed by atoms with Crippen molar-refractivity contribution in [3.05, 3.63) is 35.9 Å². The average Bonchev–Trinajstić information content (AvgIpc) is 3.21. The minimum atomic E-state index is -1.62. The van der Waals surface area contributed by atoms with E-state index in [0.717, 1.165) is 15.4 Å². The van der Waals surface area contributed by atoms with Crippen LogP contribution in [0.1, 0.15) is 5.56 Å². The number of quaternary nitrogens is 2. The van der Waals surface area contributed by atoms with Crippen LogP contribution in [0.25, 0.3) is 0 Å². The first-order chi connectivity index (χ1) is 29.1. The molecule has 0 aromatic heterocycles. The average molecular weight is 1370 g/mol. The second-order valence-electron chi connectivity index (χ2n) is 13.7. The summed E-state index contributed by atoms with van der Waals surface area (Å²) in [5.41, 5.74) is 0.749. The van der Waals surface area contributed by atoms with Crippen LogP contribution < -0.4 is 36.2 Å². The predicted molar refractivity (Wildman–Crippen MR) is 197 cm³/mol. The molecular formula is C36H62Gd3N5O21-3. The Hall–Kier alpha value is -0.0960. The number of benzene rings is 1. The third-order valence-corrected chi connectivity index (χ3v) is 8.53. The summed E-state index contributed by atoms with van der Waals surface area (Å²) in [5.74, 6) is -7.85. The molecule has 1 aromatic rings. The van der Waals surface area contributed by atoms with Crippen LogP contribution in [0.4, 0.5) is 0 Å². The summed E-state index contributed by atoms with van der Waals surface area (Å²) in [5, 5.41) is 149. The molecule has 0 fully saturated rings. The minimum absolute atomic E-state index is 0. The number of aliphatic carboxylic acids is 5. The first-order valence-corrected chi connectivity index (χ1v) is 19.1. The maximum absolute atomic E-state index is 11.7. The number of carboxylic acids is 5. The second-order valence-corrected chi connectivity index (χ2v) is 13.7. The van der Waals surface area contributed by atoms with Gasteiger partial charge < -0.3 is 116 Å². The topological polar surface area (TPSA) is 455 Å². The van der Waals surface area contributed by atoms with E-state index in [4.69, 9.17) is 35.4 Å². The molecule has 384 valence electrons. The van der Waals surface area contributed by atoms with Crippen molar-refractivity contribution < 1.29 is 236 Å². The Kier molecular flexibility index (Phi) is 49.9. The zero-order chi connectivity index (χ0) is 47.9. The van der Waals surface area contributed by atoms with Crippen LogP contribution in [0.3, 0.4) is 0 Å². The van der Waals surface area contributed by atoms with Gasteiger partial charge in [-0.2, -0.15) is 0 Å². The van der Waals surface area contributed by atoms with Gasteiger partial charge in [-0.3, -0.25) is 14.7 Å². The van der Waals surface area contributed by atoms with E-state index in [0.29, 0.717) is 0 Å². The maximum atomic E-state index is 11.7. The number of likely N-dealkylation sites (N-methyl/N-ethyl adjacent to an activating group) is 2. The van der Waals surface area contributed by atoms with Crippen molar-refractivity contribution in [2.75, 3.05) is 99.4 Å². The summed E-state index contributed by atoms with van der Waals surface area (Å²) >= 11 is 0. The molecule has 65 heavy (non-hydrogen) atoms. The molecule has 0 amide bonds. The Morgan fingerprint density at radius 2 is 0.908 bits per heavy atom. The Morgan fingerprint density at radius 1 is 0.554 bits per heavy atom. The maximum Gasteiger partial charge on any atom is 0.131 e. The Morgan fingerprint density at radius 3 is 1.26 bits per heavy atom. The van der Waals surface area contributed by atoms with Crippen molar-refractivity contribution in [1.29, 1.82) is 0 Å². The van der Waals surface area contributed by atoms with Crippen LogP contribution in [0.2, 0.25) is 0 Å². The number of carboxylic acid groups (broad SMARTS) is 5. The van der Waals surface area contributed by atoms with E-state index in [1.807, 2.05) is 0 Å². The number of nitrogens with two attached hydrogens (primary N) is 2. The molecule has 0 aliphatic carbocycles. The van der Waals surface area contributed by atoms with Crippen LogP contribution in [0.15, 0.2) is 30.3 Å². The van der Waals surface area contributed by atoms with Gasteiger partial charge in [0.25, 0.3) is 0 Å². The van der Waals surface area contributed by atoms with Gasteiger partial charge >= 0.3 is 0 Å². The third-order valence-electron chi connectivity index (χ3n) is 8.53. The van der Waals surface area contributed by atoms with Gasteiger partial charge in [0.1, 0.15) is 61.9 Å². The third kappa shape index (κ3) is 36.5. The SMILES string of the molecule is C[NH2+]C[C@H](O)[C@@H](O)[C@H](O)[C@H](O)CO.C[NH2+]C[C@H](O)[C@@H](O)[C@H](O)[C@H](O)CO.O=C([O-])CN(CCN(CC(=O)[O-])CC(=O)[O-])CCN(CC(=O)[O-])C(COCc1ccccc1)C(=O)[O-].[Gd].[Gd].[Gd]. The zero-order valence-corrected chi connectivity index (χ0v) is 42.3. The molecule has 1 rings (SSSR count). The monoisotopic (exact) mass is 1370 g/mol. The van der Waals surface area contributed by atoms with E-state index < -0.39 is 131 Å². The van der Waals surface area contributed by atoms with E-state index >= 15 is 0 Å². The number of ether oxygens (including phenoxy) is 1. The van der Waals surface area contributed by atoms with Gasteiger partial charge in [0.05, 0.1) is 76.4 Å². The summed E-state index contributed by atoms with van der Waals surface area (Å²) in [4.78, 5) is 58.8. The smallest absolute Gasteiger partial charge is 0.131 e. The molecule has 1 aromatic carbocycles. The molecule has 0 heterocycles. The number of nitrogens with zero attached hydrogens (tertiary/aromatic N) is 3. The van der Waals surface area contributed by atoms with Crippen molar-refractivity contribution in [2.45, 2.75) is 61.5 Å². The fourth-order valence-corrected chi connectivity index (χ4v) is 5.17. The van der Waals surface area contributed by atoms with E-state index in [1.165, 1.54) is 4.90 Å². The molecule has 1 unspecified atom stereocenters. The number of rotatable bonds is 32. The molecule has 0 saturated carbocycles. The molecular weight excluding hydrogens is 1310 g/mol. The second kappa shape index (κ2) is 43.9. The fourth-order valence-electron chi connectivity index (χ4n) is 5.17. The number of aliphatic hydroxyl groups is 10. The zero-order valence-electron chi connectivity index (χ0n) is 35.5. The Labute approximate surface area is 471 Å². The number of hydrogen-bond donors (Lipinski definition) is 12. The predicted octanol–water partition coefficient (Wildman–Crippen LogP) is -16.5. The van der Waals surface area contributed by atoms with E-state index in [-0.39, 0.29) is 166 Å².